The van der Waals surface area contributed by atoms with Gasteiger partial charge in [0.15, 0.2) is 5.75 Å². The van der Waals surface area contributed by atoms with E-state index in [9.17, 15) is 4.79 Å². The lowest BCUT2D eigenvalue weighted by Crippen LogP contribution is -2.06. The van der Waals surface area contributed by atoms with Crippen LogP contribution in [0.5, 0.6) is 5.75 Å². The zero-order valence-corrected chi connectivity index (χ0v) is 15.4. The number of esters is 1. The maximum atomic E-state index is 11.9. The van der Waals surface area contributed by atoms with Gasteiger partial charge in [0, 0.05) is 0 Å². The molecule has 0 amide bonds. The van der Waals surface area contributed by atoms with Crippen LogP contribution in [0.4, 0.5) is 0 Å². The Bertz CT molecular complexity index is 938. The molecule has 0 spiro atoms. The molecule has 0 aliphatic rings. The largest absolute Gasteiger partial charge is 0.486 e. The average molecular weight is 387 g/mol. The summed E-state index contributed by atoms with van der Waals surface area (Å²) in [6.45, 7) is 3.93. The number of hydrogen-bond acceptors (Lipinski definition) is 3. The molecule has 0 aliphatic heterocycles. The van der Waals surface area contributed by atoms with Crippen LogP contribution in [0.1, 0.15) is 15.9 Å². The topological polar surface area (TPSA) is 35.5 Å². The normalized spacial score (nSPS) is 10.5. The summed E-state index contributed by atoms with van der Waals surface area (Å²) in [6, 6.07) is 17.0. The van der Waals surface area contributed by atoms with Gasteiger partial charge in [0.05, 0.1) is 15.6 Å². The fourth-order valence-electron chi connectivity index (χ4n) is 2.60. The number of carbonyl (C=O) groups is 1. The Hall–Kier alpha value is -2.49. The molecular formula is C21H16Cl2O3. The number of hydrogen-bond donors (Lipinski definition) is 0. The van der Waals surface area contributed by atoms with Crippen LogP contribution >= 0.6 is 23.2 Å². The Labute approximate surface area is 161 Å². The Morgan fingerprint density at radius 1 is 1.04 bits per heavy atom. The minimum absolute atomic E-state index is 0.118. The Balaban J connectivity index is 1.81. The number of carbonyl (C=O) groups excluding carboxylic acids is 1. The minimum atomic E-state index is -0.519. The van der Waals surface area contributed by atoms with E-state index in [0.29, 0.717) is 12.4 Å². The second kappa shape index (κ2) is 8.26. The van der Waals surface area contributed by atoms with Crippen LogP contribution in [0.2, 0.25) is 10.0 Å². The van der Waals surface area contributed by atoms with E-state index in [-0.39, 0.29) is 22.2 Å². The third-order valence-electron chi connectivity index (χ3n) is 3.82. The van der Waals surface area contributed by atoms with Gasteiger partial charge in [-0.05, 0) is 28.5 Å². The molecule has 0 bridgehead atoms. The number of benzene rings is 3. The third-order valence-corrected chi connectivity index (χ3v) is 4.38. The number of fused-ring (bicyclic) bond motifs is 1. The van der Waals surface area contributed by atoms with Gasteiger partial charge in [0.2, 0.25) is 0 Å². The quantitative estimate of drug-likeness (QED) is 0.381. The molecule has 3 aromatic carbocycles. The van der Waals surface area contributed by atoms with Crippen LogP contribution in [0, 0.1) is 0 Å². The van der Waals surface area contributed by atoms with Gasteiger partial charge < -0.3 is 9.47 Å². The molecule has 0 saturated carbocycles. The first-order valence-electron chi connectivity index (χ1n) is 7.96. The van der Waals surface area contributed by atoms with Crippen LogP contribution < -0.4 is 4.74 Å². The summed E-state index contributed by atoms with van der Waals surface area (Å²) in [6.07, 6.45) is 1.49. The van der Waals surface area contributed by atoms with E-state index in [1.807, 2.05) is 42.5 Å². The molecule has 0 aliphatic carbocycles. The highest BCUT2D eigenvalue weighted by atomic mass is 35.5. The highest BCUT2D eigenvalue weighted by molar-refractivity contribution is 6.37. The van der Waals surface area contributed by atoms with Crippen LogP contribution in [-0.4, -0.2) is 12.6 Å². The Morgan fingerprint density at radius 3 is 2.46 bits per heavy atom. The first-order valence-corrected chi connectivity index (χ1v) is 8.72. The average Bonchev–Trinajstić information content (AvgIpc) is 2.65. The molecule has 3 nitrogen and oxygen atoms in total. The van der Waals surface area contributed by atoms with E-state index < -0.39 is 5.97 Å². The molecule has 26 heavy (non-hydrogen) atoms. The highest BCUT2D eigenvalue weighted by Gasteiger charge is 2.15. The van der Waals surface area contributed by atoms with E-state index in [1.165, 1.54) is 18.2 Å². The second-order valence-electron chi connectivity index (χ2n) is 5.58. The molecule has 0 radical (unpaired) electrons. The molecule has 0 unspecified atom stereocenters. The fourth-order valence-corrected chi connectivity index (χ4v) is 3.20. The molecule has 0 fully saturated rings. The van der Waals surface area contributed by atoms with Crippen molar-refractivity contribution >= 4 is 39.9 Å². The monoisotopic (exact) mass is 386 g/mol. The van der Waals surface area contributed by atoms with Gasteiger partial charge in [-0.1, -0.05) is 78.3 Å². The van der Waals surface area contributed by atoms with Crippen molar-refractivity contribution in [2.45, 2.75) is 6.61 Å². The van der Waals surface area contributed by atoms with Gasteiger partial charge in [-0.3, -0.25) is 0 Å². The van der Waals surface area contributed by atoms with Gasteiger partial charge in [0.25, 0.3) is 0 Å². The molecule has 0 aromatic heterocycles. The van der Waals surface area contributed by atoms with Crippen molar-refractivity contribution in [3.8, 4) is 5.75 Å². The number of halogens is 2. The standard InChI is InChI=1S/C21H16Cl2O3/c1-2-10-25-21(24)16-11-18(22)20(19(23)12-16)26-13-15-8-5-7-14-6-3-4-9-17(14)15/h2-9,11-12H,1,10,13H2. The number of rotatable bonds is 6. The van der Waals surface area contributed by atoms with Crippen molar-refractivity contribution in [1.82, 2.24) is 0 Å². The van der Waals surface area contributed by atoms with E-state index >= 15 is 0 Å². The summed E-state index contributed by atoms with van der Waals surface area (Å²) in [5.41, 5.74) is 1.28. The summed E-state index contributed by atoms with van der Waals surface area (Å²) < 4.78 is 10.8. The summed E-state index contributed by atoms with van der Waals surface area (Å²) in [7, 11) is 0. The first-order chi connectivity index (χ1) is 12.6. The molecule has 0 N–H and O–H groups in total. The molecule has 3 aromatic rings. The van der Waals surface area contributed by atoms with Gasteiger partial charge in [-0.15, -0.1) is 0 Å². The lowest BCUT2D eigenvalue weighted by Gasteiger charge is -2.13. The fraction of sp³-hybridized carbons (Fsp3) is 0.0952. The van der Waals surface area contributed by atoms with Gasteiger partial charge >= 0.3 is 5.97 Å². The van der Waals surface area contributed by atoms with Crippen LogP contribution in [0.25, 0.3) is 10.8 Å². The summed E-state index contributed by atoms with van der Waals surface area (Å²) in [4.78, 5) is 11.9. The maximum Gasteiger partial charge on any atom is 0.338 e. The van der Waals surface area contributed by atoms with E-state index in [4.69, 9.17) is 32.7 Å². The molecule has 0 saturated heterocycles. The van der Waals surface area contributed by atoms with Crippen molar-refractivity contribution in [1.29, 1.82) is 0 Å². The Kier molecular flexibility index (Phi) is 5.82. The molecule has 5 heteroatoms. The molecule has 132 valence electrons. The number of ether oxygens (including phenoxy) is 2. The zero-order valence-electron chi connectivity index (χ0n) is 13.9. The lowest BCUT2D eigenvalue weighted by atomic mass is 10.1. The predicted octanol–water partition coefficient (Wildman–Crippen LogP) is 6.07. The summed E-state index contributed by atoms with van der Waals surface area (Å²) >= 11 is 12.5. The maximum absolute atomic E-state index is 11.9. The van der Waals surface area contributed by atoms with Crippen LogP contribution in [-0.2, 0) is 11.3 Å². The van der Waals surface area contributed by atoms with Crippen LogP contribution in [0.3, 0.4) is 0 Å². The highest BCUT2D eigenvalue weighted by Crippen LogP contribution is 2.35. The summed E-state index contributed by atoms with van der Waals surface area (Å²) in [5.74, 6) is -0.184. The predicted molar refractivity (Wildman–Crippen MR) is 105 cm³/mol. The first kappa shape index (κ1) is 18.3. The molecule has 0 atom stereocenters. The van der Waals surface area contributed by atoms with E-state index in [0.717, 1.165) is 16.3 Å². The van der Waals surface area contributed by atoms with Crippen molar-refractivity contribution in [2.75, 3.05) is 6.61 Å². The molecule has 3 rings (SSSR count). The van der Waals surface area contributed by atoms with E-state index in [1.54, 1.807) is 0 Å². The van der Waals surface area contributed by atoms with Crippen molar-refractivity contribution in [3.63, 3.8) is 0 Å². The molecule has 0 heterocycles. The zero-order chi connectivity index (χ0) is 18.5. The second-order valence-corrected chi connectivity index (χ2v) is 6.40. The van der Waals surface area contributed by atoms with Crippen molar-refractivity contribution in [2.24, 2.45) is 0 Å². The van der Waals surface area contributed by atoms with Gasteiger partial charge in [-0.25, -0.2) is 4.79 Å². The smallest absolute Gasteiger partial charge is 0.338 e. The lowest BCUT2D eigenvalue weighted by molar-refractivity contribution is 0.0549. The van der Waals surface area contributed by atoms with Crippen LogP contribution in [0.15, 0.2) is 67.3 Å². The minimum Gasteiger partial charge on any atom is -0.486 e. The summed E-state index contributed by atoms with van der Waals surface area (Å²) in [5, 5.41) is 2.74. The van der Waals surface area contributed by atoms with Gasteiger partial charge in [-0.2, -0.15) is 0 Å². The third kappa shape index (κ3) is 4.01. The van der Waals surface area contributed by atoms with Gasteiger partial charge in [0.1, 0.15) is 13.2 Å². The van der Waals surface area contributed by atoms with Crippen molar-refractivity contribution < 1.29 is 14.3 Å². The SMILES string of the molecule is C=CCOC(=O)c1cc(Cl)c(OCc2cccc3ccccc23)c(Cl)c1. The molecular weight excluding hydrogens is 371 g/mol. The van der Waals surface area contributed by atoms with E-state index in [2.05, 4.69) is 6.58 Å². The Morgan fingerprint density at radius 2 is 1.73 bits per heavy atom. The van der Waals surface area contributed by atoms with Crippen molar-refractivity contribution in [3.05, 3.63) is 88.4 Å².